The monoisotopic (exact) mass is 315 g/mol. The van der Waals surface area contributed by atoms with Gasteiger partial charge >= 0.3 is 0 Å². The van der Waals surface area contributed by atoms with Crippen molar-refractivity contribution in [1.82, 2.24) is 0 Å². The maximum Gasteiger partial charge on any atom is 0.103 e. The van der Waals surface area contributed by atoms with Crippen molar-refractivity contribution >= 4 is 27.3 Å². The van der Waals surface area contributed by atoms with Gasteiger partial charge in [-0.05, 0) is 52.7 Å². The summed E-state index contributed by atoms with van der Waals surface area (Å²) in [7, 11) is 0. The number of hydrogen-bond donors (Lipinski definition) is 2. The minimum Gasteiger partial charge on any atom is -0.399 e. The Kier molecular flexibility index (Phi) is 4.08. The summed E-state index contributed by atoms with van der Waals surface area (Å²) in [6.45, 7) is 2.04. The van der Waals surface area contributed by atoms with Gasteiger partial charge in [-0.15, -0.1) is 0 Å². The van der Waals surface area contributed by atoms with Crippen LogP contribution in [0.25, 0.3) is 0 Å². The molecule has 0 aliphatic carbocycles. The number of nitrogens with zero attached hydrogens (tertiary/aromatic N) is 1. The van der Waals surface area contributed by atoms with Gasteiger partial charge in [-0.2, -0.15) is 5.26 Å². The topological polar surface area (TPSA) is 61.8 Å². The summed E-state index contributed by atoms with van der Waals surface area (Å²) in [6.07, 6.45) is 0. The van der Waals surface area contributed by atoms with Crippen LogP contribution >= 0.6 is 15.9 Å². The Bertz CT molecular complexity index is 632. The Morgan fingerprint density at radius 3 is 2.68 bits per heavy atom. The lowest BCUT2D eigenvalue weighted by Crippen LogP contribution is -2.08. The Balaban J connectivity index is 2.27. The van der Waals surface area contributed by atoms with Crippen LogP contribution in [0.5, 0.6) is 0 Å². The SMILES string of the molecule is CC(Nc1cccc(Br)c1C#N)c1cccc(N)c1. The molecule has 0 aromatic heterocycles. The molecule has 0 amide bonds. The van der Waals surface area contributed by atoms with E-state index in [1.165, 1.54) is 0 Å². The van der Waals surface area contributed by atoms with E-state index in [-0.39, 0.29) is 6.04 Å². The van der Waals surface area contributed by atoms with E-state index in [2.05, 4.69) is 27.3 Å². The molecule has 0 saturated heterocycles. The molecule has 4 heteroatoms. The number of hydrogen-bond acceptors (Lipinski definition) is 3. The fourth-order valence-corrected chi connectivity index (χ4v) is 2.36. The van der Waals surface area contributed by atoms with Gasteiger partial charge in [0.2, 0.25) is 0 Å². The zero-order chi connectivity index (χ0) is 13.8. The third kappa shape index (κ3) is 3.07. The van der Waals surface area contributed by atoms with Crippen LogP contribution in [0.4, 0.5) is 11.4 Å². The second-order valence-corrected chi connectivity index (χ2v) is 5.16. The molecule has 3 N–H and O–H groups in total. The summed E-state index contributed by atoms with van der Waals surface area (Å²) in [5, 5.41) is 12.5. The zero-order valence-corrected chi connectivity index (χ0v) is 12.1. The highest BCUT2D eigenvalue weighted by atomic mass is 79.9. The highest BCUT2D eigenvalue weighted by molar-refractivity contribution is 9.10. The summed E-state index contributed by atoms with van der Waals surface area (Å²) in [5.74, 6) is 0. The molecule has 0 aliphatic heterocycles. The van der Waals surface area contributed by atoms with Crippen molar-refractivity contribution in [3.63, 3.8) is 0 Å². The molecule has 3 nitrogen and oxygen atoms in total. The average Bonchev–Trinajstić information content (AvgIpc) is 2.39. The molecule has 19 heavy (non-hydrogen) atoms. The summed E-state index contributed by atoms with van der Waals surface area (Å²) in [5.41, 5.74) is 9.03. The third-order valence-corrected chi connectivity index (χ3v) is 3.57. The molecule has 1 atom stereocenters. The number of nitrogens with one attached hydrogen (secondary N) is 1. The lowest BCUT2D eigenvalue weighted by atomic mass is 10.1. The molecular weight excluding hydrogens is 302 g/mol. The third-order valence-electron chi connectivity index (χ3n) is 2.91. The van der Waals surface area contributed by atoms with E-state index in [0.717, 1.165) is 21.4 Å². The van der Waals surface area contributed by atoms with E-state index in [1.807, 2.05) is 49.4 Å². The number of nitrogens with two attached hydrogens (primary N) is 1. The van der Waals surface area contributed by atoms with Crippen LogP contribution in [-0.4, -0.2) is 0 Å². The molecule has 2 rings (SSSR count). The number of anilines is 2. The summed E-state index contributed by atoms with van der Waals surface area (Å²) in [4.78, 5) is 0. The standard InChI is InChI=1S/C15H14BrN3/c1-10(11-4-2-5-12(18)8-11)19-15-7-3-6-14(16)13(15)9-17/h2-8,10,19H,18H2,1H3. The van der Waals surface area contributed by atoms with Crippen molar-refractivity contribution < 1.29 is 0 Å². The number of nitriles is 1. The van der Waals surface area contributed by atoms with Crippen molar-refractivity contribution in [3.8, 4) is 6.07 Å². The Hall–Kier alpha value is -1.99. The number of halogens is 1. The maximum absolute atomic E-state index is 9.19. The molecule has 0 heterocycles. The first-order valence-electron chi connectivity index (χ1n) is 5.92. The van der Waals surface area contributed by atoms with Gasteiger partial charge in [0.25, 0.3) is 0 Å². The van der Waals surface area contributed by atoms with E-state index >= 15 is 0 Å². The predicted molar refractivity (Wildman–Crippen MR) is 81.7 cm³/mol. The van der Waals surface area contributed by atoms with Gasteiger partial charge < -0.3 is 11.1 Å². The Morgan fingerprint density at radius 1 is 1.26 bits per heavy atom. The summed E-state index contributed by atoms with van der Waals surface area (Å²) < 4.78 is 0.791. The molecule has 2 aromatic carbocycles. The smallest absolute Gasteiger partial charge is 0.103 e. The van der Waals surface area contributed by atoms with E-state index < -0.39 is 0 Å². The quantitative estimate of drug-likeness (QED) is 0.839. The normalized spacial score (nSPS) is 11.6. The number of rotatable bonds is 3. The van der Waals surface area contributed by atoms with Crippen LogP contribution in [0, 0.1) is 11.3 Å². The van der Waals surface area contributed by atoms with Crippen LogP contribution < -0.4 is 11.1 Å². The molecule has 0 fully saturated rings. The molecule has 0 spiro atoms. The summed E-state index contributed by atoms with van der Waals surface area (Å²) in [6, 6.07) is 15.7. The van der Waals surface area contributed by atoms with Crippen LogP contribution in [0.2, 0.25) is 0 Å². The van der Waals surface area contributed by atoms with Crippen molar-refractivity contribution in [3.05, 3.63) is 58.1 Å². The van der Waals surface area contributed by atoms with Crippen molar-refractivity contribution in [2.45, 2.75) is 13.0 Å². The first-order valence-corrected chi connectivity index (χ1v) is 6.71. The number of nitrogen functional groups attached to an aromatic ring is 1. The molecule has 0 radical (unpaired) electrons. The van der Waals surface area contributed by atoms with Gasteiger partial charge in [-0.3, -0.25) is 0 Å². The zero-order valence-electron chi connectivity index (χ0n) is 10.5. The van der Waals surface area contributed by atoms with Crippen LogP contribution in [-0.2, 0) is 0 Å². The molecule has 2 aromatic rings. The second-order valence-electron chi connectivity index (χ2n) is 4.31. The van der Waals surface area contributed by atoms with Crippen molar-refractivity contribution in [2.24, 2.45) is 0 Å². The molecule has 0 bridgehead atoms. The van der Waals surface area contributed by atoms with E-state index in [9.17, 15) is 5.26 Å². The maximum atomic E-state index is 9.19. The van der Waals surface area contributed by atoms with Gasteiger partial charge in [0, 0.05) is 16.2 Å². The molecule has 1 unspecified atom stereocenters. The molecule has 0 aliphatic rings. The van der Waals surface area contributed by atoms with Gasteiger partial charge in [0.15, 0.2) is 0 Å². The largest absolute Gasteiger partial charge is 0.399 e. The molecule has 96 valence electrons. The highest BCUT2D eigenvalue weighted by Gasteiger charge is 2.10. The lowest BCUT2D eigenvalue weighted by molar-refractivity contribution is 0.884. The minimum absolute atomic E-state index is 0.0740. The Labute approximate surface area is 121 Å². The van der Waals surface area contributed by atoms with Crippen LogP contribution in [0.15, 0.2) is 46.9 Å². The van der Waals surface area contributed by atoms with E-state index in [1.54, 1.807) is 0 Å². The first kappa shape index (κ1) is 13.4. The Morgan fingerprint density at radius 2 is 2.00 bits per heavy atom. The van der Waals surface area contributed by atoms with E-state index in [4.69, 9.17) is 5.73 Å². The van der Waals surface area contributed by atoms with Gasteiger partial charge in [-0.1, -0.05) is 18.2 Å². The van der Waals surface area contributed by atoms with Crippen molar-refractivity contribution in [1.29, 1.82) is 5.26 Å². The average molecular weight is 316 g/mol. The predicted octanol–water partition coefficient (Wildman–Crippen LogP) is 4.08. The number of benzene rings is 2. The van der Waals surface area contributed by atoms with Crippen LogP contribution in [0.3, 0.4) is 0 Å². The molecular formula is C15H14BrN3. The van der Waals surface area contributed by atoms with E-state index in [0.29, 0.717) is 5.56 Å². The second kappa shape index (κ2) is 5.77. The van der Waals surface area contributed by atoms with Gasteiger partial charge in [0.05, 0.1) is 11.3 Å². The van der Waals surface area contributed by atoms with Crippen LogP contribution in [0.1, 0.15) is 24.1 Å². The fraction of sp³-hybridized carbons (Fsp3) is 0.133. The van der Waals surface area contributed by atoms with Crippen molar-refractivity contribution in [2.75, 3.05) is 11.1 Å². The lowest BCUT2D eigenvalue weighted by Gasteiger charge is -2.17. The van der Waals surface area contributed by atoms with Gasteiger partial charge in [-0.25, -0.2) is 0 Å². The fourth-order valence-electron chi connectivity index (χ4n) is 1.90. The highest BCUT2D eigenvalue weighted by Crippen LogP contribution is 2.27. The van der Waals surface area contributed by atoms with Gasteiger partial charge in [0.1, 0.15) is 6.07 Å². The first-order chi connectivity index (χ1) is 9.11. The minimum atomic E-state index is 0.0740. The molecule has 0 saturated carbocycles. The summed E-state index contributed by atoms with van der Waals surface area (Å²) >= 11 is 3.38.